The molecule has 0 aromatic heterocycles. The Morgan fingerprint density at radius 3 is 1.40 bits per heavy atom. The highest BCUT2D eigenvalue weighted by Gasteiger charge is 2.24. The monoisotopic (exact) mass is 412 g/mol. The molecule has 5 heteroatoms. The molecule has 0 amide bonds. The van der Waals surface area contributed by atoms with Crippen LogP contribution in [0.3, 0.4) is 0 Å². The van der Waals surface area contributed by atoms with Crippen molar-refractivity contribution in [2.75, 3.05) is 0 Å². The summed E-state index contributed by atoms with van der Waals surface area (Å²) in [4.78, 5) is 0.0990. The Hall–Kier alpha value is -0.140. The quantitative estimate of drug-likeness (QED) is 0.564. The van der Waals surface area contributed by atoms with Gasteiger partial charge in [0, 0.05) is 0 Å². The molecule has 0 saturated heterocycles. The molecular formula is C15H25IO3S. The minimum Gasteiger partial charge on any atom is -0.282 e. The third-order valence-electron chi connectivity index (χ3n) is 3.34. The van der Waals surface area contributed by atoms with Gasteiger partial charge in [-0.2, -0.15) is 8.42 Å². The third-order valence-corrected chi connectivity index (χ3v) is 4.32. The maximum atomic E-state index is 11.7. The molecule has 0 aliphatic heterocycles. The lowest BCUT2D eigenvalue weighted by molar-refractivity contribution is 0.479. The van der Waals surface area contributed by atoms with E-state index >= 15 is 0 Å². The fraction of sp³-hybridized carbons (Fsp3) is 0.600. The van der Waals surface area contributed by atoms with Gasteiger partial charge in [0.05, 0.1) is 0 Å². The van der Waals surface area contributed by atoms with E-state index in [1.165, 1.54) is 0 Å². The maximum Gasteiger partial charge on any atom is 0.295 e. The van der Waals surface area contributed by atoms with Crippen LogP contribution in [0.2, 0.25) is 0 Å². The van der Waals surface area contributed by atoms with Crippen LogP contribution in [-0.4, -0.2) is 13.0 Å². The second kappa shape index (κ2) is 7.22. The van der Waals surface area contributed by atoms with Crippen LogP contribution in [0.4, 0.5) is 0 Å². The summed E-state index contributed by atoms with van der Waals surface area (Å²) in [5, 5.41) is 0. The van der Waals surface area contributed by atoms with Gasteiger partial charge in [-0.1, -0.05) is 53.7 Å². The summed E-state index contributed by atoms with van der Waals surface area (Å²) in [6.07, 6.45) is 0. The van der Waals surface area contributed by atoms with Gasteiger partial charge in [-0.25, -0.2) is 0 Å². The van der Waals surface area contributed by atoms with Crippen molar-refractivity contribution in [3.63, 3.8) is 0 Å². The van der Waals surface area contributed by atoms with Crippen molar-refractivity contribution in [1.82, 2.24) is 0 Å². The predicted molar refractivity (Wildman–Crippen MR) is 93.9 cm³/mol. The van der Waals surface area contributed by atoms with E-state index in [2.05, 4.69) is 13.8 Å². The zero-order valence-corrected chi connectivity index (χ0v) is 16.1. The molecule has 1 aromatic carbocycles. The Balaban J connectivity index is 0.00000361. The molecule has 1 N–H and O–H groups in total. The fourth-order valence-corrected chi connectivity index (χ4v) is 3.37. The molecule has 0 atom stereocenters. The lowest BCUT2D eigenvalue weighted by atomic mass is 9.89. The standard InChI is InChI=1S/C15H24O3S.HI/c1-9(2)12-7-13(10(3)4)15(19(16,17)18)14(8-12)11(5)6;/h7-11H,1-6H3,(H,16,17,18);1H. The van der Waals surface area contributed by atoms with Gasteiger partial charge in [-0.3, -0.25) is 4.55 Å². The molecular weight excluding hydrogens is 387 g/mol. The topological polar surface area (TPSA) is 54.4 Å². The van der Waals surface area contributed by atoms with Crippen molar-refractivity contribution >= 4 is 34.1 Å². The molecule has 3 nitrogen and oxygen atoms in total. The molecule has 0 spiro atoms. The average molecular weight is 412 g/mol. The van der Waals surface area contributed by atoms with Gasteiger partial charge in [0.2, 0.25) is 0 Å². The normalized spacial score (nSPS) is 12.1. The molecule has 116 valence electrons. The summed E-state index contributed by atoms with van der Waals surface area (Å²) in [7, 11) is -4.20. The summed E-state index contributed by atoms with van der Waals surface area (Å²) in [6, 6.07) is 3.81. The van der Waals surface area contributed by atoms with Gasteiger partial charge in [-0.05, 0) is 34.4 Å². The largest absolute Gasteiger partial charge is 0.295 e. The van der Waals surface area contributed by atoms with Crippen LogP contribution < -0.4 is 0 Å². The molecule has 0 unspecified atom stereocenters. The highest BCUT2D eigenvalue weighted by atomic mass is 127. The second-order valence-electron chi connectivity index (χ2n) is 5.97. The van der Waals surface area contributed by atoms with Crippen LogP contribution in [-0.2, 0) is 10.1 Å². The van der Waals surface area contributed by atoms with Gasteiger partial charge in [0.1, 0.15) is 4.90 Å². The minimum absolute atomic E-state index is 0. The Bertz CT molecular complexity index is 531. The lowest BCUT2D eigenvalue weighted by Crippen LogP contribution is -2.11. The van der Waals surface area contributed by atoms with Crippen molar-refractivity contribution in [2.24, 2.45) is 0 Å². The van der Waals surface area contributed by atoms with Crippen LogP contribution in [0.5, 0.6) is 0 Å². The first kappa shape index (κ1) is 19.9. The van der Waals surface area contributed by atoms with E-state index in [1.54, 1.807) is 0 Å². The van der Waals surface area contributed by atoms with E-state index in [4.69, 9.17) is 0 Å². The van der Waals surface area contributed by atoms with Crippen LogP contribution in [0, 0.1) is 0 Å². The number of benzene rings is 1. The van der Waals surface area contributed by atoms with Crippen LogP contribution in [0.15, 0.2) is 17.0 Å². The number of rotatable bonds is 4. The lowest BCUT2D eigenvalue weighted by Gasteiger charge is -2.20. The fourth-order valence-electron chi connectivity index (χ4n) is 2.19. The first-order valence-electron chi connectivity index (χ1n) is 6.70. The van der Waals surface area contributed by atoms with Crippen molar-refractivity contribution in [2.45, 2.75) is 64.2 Å². The summed E-state index contributed by atoms with van der Waals surface area (Å²) < 4.78 is 33.0. The number of halogens is 1. The van der Waals surface area contributed by atoms with Gasteiger partial charge < -0.3 is 0 Å². The van der Waals surface area contributed by atoms with E-state index in [-0.39, 0.29) is 40.7 Å². The van der Waals surface area contributed by atoms with Gasteiger partial charge in [0.15, 0.2) is 0 Å². The van der Waals surface area contributed by atoms with Crippen LogP contribution >= 0.6 is 24.0 Å². The van der Waals surface area contributed by atoms with E-state index in [9.17, 15) is 13.0 Å². The maximum absolute atomic E-state index is 11.7. The molecule has 0 bridgehead atoms. The highest BCUT2D eigenvalue weighted by Crippen LogP contribution is 2.34. The molecule has 20 heavy (non-hydrogen) atoms. The van der Waals surface area contributed by atoms with E-state index < -0.39 is 10.1 Å². The molecule has 0 saturated carbocycles. The highest BCUT2D eigenvalue weighted by molar-refractivity contribution is 14.0. The molecule has 0 heterocycles. The van der Waals surface area contributed by atoms with Gasteiger partial charge in [-0.15, -0.1) is 24.0 Å². The van der Waals surface area contributed by atoms with E-state index in [0.717, 1.165) is 5.56 Å². The molecule has 1 aromatic rings. The van der Waals surface area contributed by atoms with Crippen LogP contribution in [0.1, 0.15) is 76.0 Å². The smallest absolute Gasteiger partial charge is 0.282 e. The Morgan fingerprint density at radius 1 is 0.850 bits per heavy atom. The molecule has 0 aliphatic carbocycles. The summed E-state index contributed by atoms with van der Waals surface area (Å²) >= 11 is 0. The Labute approximate surface area is 139 Å². The van der Waals surface area contributed by atoms with E-state index in [1.807, 2.05) is 39.8 Å². The summed E-state index contributed by atoms with van der Waals surface area (Å²) in [6.45, 7) is 11.9. The number of hydrogen-bond donors (Lipinski definition) is 1. The summed E-state index contributed by atoms with van der Waals surface area (Å²) in [5.41, 5.74) is 2.52. The first-order valence-corrected chi connectivity index (χ1v) is 8.14. The van der Waals surface area contributed by atoms with E-state index in [0.29, 0.717) is 17.0 Å². The molecule has 0 fully saturated rings. The predicted octanol–water partition coefficient (Wildman–Crippen LogP) is 4.92. The molecule has 1 rings (SSSR count). The van der Waals surface area contributed by atoms with Gasteiger partial charge >= 0.3 is 0 Å². The van der Waals surface area contributed by atoms with Crippen molar-refractivity contribution < 1.29 is 13.0 Å². The Kier molecular flexibility index (Phi) is 7.17. The number of hydrogen-bond acceptors (Lipinski definition) is 2. The zero-order chi connectivity index (χ0) is 15.0. The second-order valence-corrected chi connectivity index (χ2v) is 7.33. The first-order chi connectivity index (χ1) is 8.55. The SMILES string of the molecule is CC(C)c1cc(C(C)C)c(S(=O)(=O)O)c(C(C)C)c1.I. The molecule has 0 aliphatic rings. The van der Waals surface area contributed by atoms with Crippen molar-refractivity contribution in [1.29, 1.82) is 0 Å². The minimum atomic E-state index is -4.20. The molecule has 0 radical (unpaired) electrons. The van der Waals surface area contributed by atoms with Crippen LogP contribution in [0.25, 0.3) is 0 Å². The van der Waals surface area contributed by atoms with Crippen molar-refractivity contribution in [3.05, 3.63) is 28.8 Å². The third kappa shape index (κ3) is 4.43. The zero-order valence-electron chi connectivity index (χ0n) is 13.0. The Morgan fingerprint density at radius 2 is 1.20 bits per heavy atom. The average Bonchev–Trinajstić information content (AvgIpc) is 2.25. The van der Waals surface area contributed by atoms with Gasteiger partial charge in [0.25, 0.3) is 10.1 Å². The summed E-state index contributed by atoms with van der Waals surface area (Å²) in [5.74, 6) is 0.423. The van der Waals surface area contributed by atoms with Crippen molar-refractivity contribution in [3.8, 4) is 0 Å².